The summed E-state index contributed by atoms with van der Waals surface area (Å²) in [6, 6.07) is 7.92. The van der Waals surface area contributed by atoms with Gasteiger partial charge in [0, 0.05) is 57.2 Å². The van der Waals surface area contributed by atoms with E-state index >= 15 is 0 Å². The maximum Gasteiger partial charge on any atom is 0.194 e. The summed E-state index contributed by atoms with van der Waals surface area (Å²) in [5.41, 5.74) is 1.08. The zero-order valence-electron chi connectivity index (χ0n) is 17.1. The zero-order chi connectivity index (χ0) is 19.8. The lowest BCUT2D eigenvalue weighted by Crippen LogP contribution is -2.40. The average Bonchev–Trinajstić information content (AvgIpc) is 3.37. The third-order valence-electron chi connectivity index (χ3n) is 4.90. The Balaban J connectivity index is 0.00000300. The van der Waals surface area contributed by atoms with Gasteiger partial charge in [0.1, 0.15) is 12.2 Å². The highest BCUT2D eigenvalue weighted by Crippen LogP contribution is 2.17. The Bertz CT molecular complexity index is 778. The van der Waals surface area contributed by atoms with Crippen LogP contribution in [0.2, 0.25) is 5.02 Å². The Morgan fingerprint density at radius 3 is 2.97 bits per heavy atom. The van der Waals surface area contributed by atoms with Crippen LogP contribution in [0.3, 0.4) is 0 Å². The van der Waals surface area contributed by atoms with Gasteiger partial charge in [0.05, 0.1) is 6.61 Å². The quantitative estimate of drug-likeness (QED) is 0.321. The molecule has 1 unspecified atom stereocenters. The van der Waals surface area contributed by atoms with Crippen LogP contribution >= 0.6 is 35.6 Å². The van der Waals surface area contributed by atoms with Gasteiger partial charge in [-0.25, -0.2) is 0 Å². The predicted molar refractivity (Wildman–Crippen MR) is 127 cm³/mol. The van der Waals surface area contributed by atoms with E-state index in [0.29, 0.717) is 12.5 Å². The summed E-state index contributed by atoms with van der Waals surface area (Å²) in [6.07, 6.45) is 3.72. The number of aryl methyl sites for hydroxylation is 1. The van der Waals surface area contributed by atoms with Crippen LogP contribution in [-0.4, -0.2) is 59.0 Å². The molecule has 0 bridgehead atoms. The molecule has 9 heteroatoms. The molecule has 0 radical (unpaired) electrons. The molecular weight excluding hydrogens is 503 g/mol. The normalized spacial score (nSPS) is 16.5. The molecular formula is C20H30ClIN6O. The van der Waals surface area contributed by atoms with Crippen molar-refractivity contribution in [2.75, 3.05) is 33.4 Å². The van der Waals surface area contributed by atoms with Crippen molar-refractivity contribution < 1.29 is 4.74 Å². The summed E-state index contributed by atoms with van der Waals surface area (Å²) >= 11 is 6.34. The van der Waals surface area contributed by atoms with Crippen molar-refractivity contribution in [1.82, 2.24) is 25.0 Å². The van der Waals surface area contributed by atoms with Crippen LogP contribution < -0.4 is 5.32 Å². The number of nitrogens with one attached hydrogen (secondary N) is 1. The molecule has 0 amide bonds. The SMILES string of the molecule is CCc1nncn1CCNC(=NCC1CCOC1)N(C)Cc1ccccc1Cl.I. The van der Waals surface area contributed by atoms with Gasteiger partial charge < -0.3 is 19.5 Å². The van der Waals surface area contributed by atoms with Gasteiger partial charge in [-0.1, -0.05) is 36.7 Å². The lowest BCUT2D eigenvalue weighted by molar-refractivity contribution is 0.187. The average molecular weight is 533 g/mol. The minimum atomic E-state index is 0. The highest BCUT2D eigenvalue weighted by Gasteiger charge is 2.16. The van der Waals surface area contributed by atoms with Gasteiger partial charge in [-0.3, -0.25) is 4.99 Å². The van der Waals surface area contributed by atoms with Crippen LogP contribution in [0.4, 0.5) is 0 Å². The molecule has 2 aromatic rings. The van der Waals surface area contributed by atoms with Gasteiger partial charge in [0.25, 0.3) is 0 Å². The Morgan fingerprint density at radius 2 is 2.24 bits per heavy atom. The largest absolute Gasteiger partial charge is 0.381 e. The zero-order valence-corrected chi connectivity index (χ0v) is 20.1. The van der Waals surface area contributed by atoms with Crippen molar-refractivity contribution in [3.63, 3.8) is 0 Å². The van der Waals surface area contributed by atoms with E-state index in [1.807, 2.05) is 31.3 Å². The maximum absolute atomic E-state index is 6.34. The Morgan fingerprint density at radius 1 is 1.41 bits per heavy atom. The van der Waals surface area contributed by atoms with Crippen LogP contribution in [-0.2, 0) is 24.2 Å². The number of hydrogen-bond acceptors (Lipinski definition) is 4. The van der Waals surface area contributed by atoms with E-state index in [2.05, 4.69) is 31.9 Å². The Hall–Kier alpha value is -1.39. The molecule has 0 spiro atoms. The number of ether oxygens (including phenoxy) is 1. The van der Waals surface area contributed by atoms with Gasteiger partial charge in [-0.05, 0) is 18.1 Å². The van der Waals surface area contributed by atoms with Crippen molar-refractivity contribution in [3.8, 4) is 0 Å². The number of nitrogens with zero attached hydrogens (tertiary/aromatic N) is 5. The minimum absolute atomic E-state index is 0. The van der Waals surface area contributed by atoms with Gasteiger partial charge >= 0.3 is 0 Å². The predicted octanol–water partition coefficient (Wildman–Crippen LogP) is 3.23. The van der Waals surface area contributed by atoms with E-state index in [-0.39, 0.29) is 24.0 Å². The first-order chi connectivity index (χ1) is 13.7. The van der Waals surface area contributed by atoms with E-state index in [0.717, 1.165) is 68.1 Å². The van der Waals surface area contributed by atoms with Gasteiger partial charge in [0.15, 0.2) is 5.96 Å². The molecule has 0 saturated carbocycles. The maximum atomic E-state index is 6.34. The fraction of sp³-hybridized carbons (Fsp3) is 0.550. The first-order valence-electron chi connectivity index (χ1n) is 9.84. The van der Waals surface area contributed by atoms with E-state index in [4.69, 9.17) is 21.3 Å². The second-order valence-electron chi connectivity index (χ2n) is 7.06. The fourth-order valence-electron chi connectivity index (χ4n) is 3.24. The number of aliphatic imine (C=N–C) groups is 1. The summed E-state index contributed by atoms with van der Waals surface area (Å²) in [6.45, 7) is 6.72. The topological polar surface area (TPSA) is 67.6 Å². The number of aromatic nitrogens is 3. The number of rotatable bonds is 8. The lowest BCUT2D eigenvalue weighted by Gasteiger charge is -2.24. The summed E-state index contributed by atoms with van der Waals surface area (Å²) in [5, 5.41) is 12.4. The Labute approximate surface area is 194 Å². The summed E-state index contributed by atoms with van der Waals surface area (Å²) < 4.78 is 7.55. The smallest absolute Gasteiger partial charge is 0.194 e. The summed E-state index contributed by atoms with van der Waals surface area (Å²) in [5.74, 6) is 2.36. The van der Waals surface area contributed by atoms with Crippen molar-refractivity contribution in [3.05, 3.63) is 47.0 Å². The fourth-order valence-corrected chi connectivity index (χ4v) is 3.43. The van der Waals surface area contributed by atoms with E-state index in [9.17, 15) is 0 Å². The van der Waals surface area contributed by atoms with E-state index in [1.165, 1.54) is 0 Å². The molecule has 2 heterocycles. The molecule has 7 nitrogen and oxygen atoms in total. The highest BCUT2D eigenvalue weighted by molar-refractivity contribution is 14.0. The molecule has 3 rings (SSSR count). The van der Waals surface area contributed by atoms with Crippen molar-refractivity contribution >= 4 is 41.5 Å². The molecule has 1 aliphatic heterocycles. The second kappa shape index (κ2) is 12.3. The van der Waals surface area contributed by atoms with Crippen molar-refractivity contribution in [2.24, 2.45) is 10.9 Å². The van der Waals surface area contributed by atoms with Crippen LogP contribution in [0.25, 0.3) is 0 Å². The first-order valence-corrected chi connectivity index (χ1v) is 10.2. The van der Waals surface area contributed by atoms with Crippen molar-refractivity contribution in [2.45, 2.75) is 32.9 Å². The van der Waals surface area contributed by atoms with E-state index in [1.54, 1.807) is 6.33 Å². The van der Waals surface area contributed by atoms with E-state index < -0.39 is 0 Å². The monoisotopic (exact) mass is 532 g/mol. The number of hydrogen-bond donors (Lipinski definition) is 1. The number of halogens is 2. The third-order valence-corrected chi connectivity index (χ3v) is 5.27. The molecule has 1 aliphatic rings. The molecule has 1 fully saturated rings. The molecule has 1 aromatic heterocycles. The molecule has 1 N–H and O–H groups in total. The molecule has 1 aromatic carbocycles. The van der Waals surface area contributed by atoms with Gasteiger partial charge in [-0.15, -0.1) is 34.2 Å². The number of benzene rings is 1. The summed E-state index contributed by atoms with van der Waals surface area (Å²) in [7, 11) is 2.04. The first kappa shape index (κ1) is 23.9. The standard InChI is InChI=1S/C20H29ClN6O.HI/c1-3-19-25-24-15-27(19)10-9-22-20(23-12-16-8-11-28-14-16)26(2)13-17-6-4-5-7-18(17)21;/h4-7,15-16H,3,8-14H2,1-2H3,(H,22,23);1H. The second-order valence-corrected chi connectivity index (χ2v) is 7.47. The number of guanidine groups is 1. The molecule has 29 heavy (non-hydrogen) atoms. The van der Waals surface area contributed by atoms with Gasteiger partial charge in [-0.2, -0.15) is 0 Å². The van der Waals surface area contributed by atoms with Crippen LogP contribution in [0, 0.1) is 5.92 Å². The van der Waals surface area contributed by atoms with Crippen molar-refractivity contribution in [1.29, 1.82) is 0 Å². The van der Waals surface area contributed by atoms with Crippen LogP contribution in [0.5, 0.6) is 0 Å². The lowest BCUT2D eigenvalue weighted by atomic mass is 10.1. The van der Waals surface area contributed by atoms with Crippen LogP contribution in [0.1, 0.15) is 24.7 Å². The molecule has 0 aliphatic carbocycles. The third kappa shape index (κ3) is 7.11. The highest BCUT2D eigenvalue weighted by atomic mass is 127. The minimum Gasteiger partial charge on any atom is -0.381 e. The van der Waals surface area contributed by atoms with Gasteiger partial charge in [0.2, 0.25) is 0 Å². The molecule has 1 saturated heterocycles. The molecule has 160 valence electrons. The molecule has 1 atom stereocenters. The summed E-state index contributed by atoms with van der Waals surface area (Å²) in [4.78, 5) is 6.98. The Kier molecular flexibility index (Phi) is 10.2. The van der Waals surface area contributed by atoms with Crippen LogP contribution in [0.15, 0.2) is 35.6 Å².